The van der Waals surface area contributed by atoms with Gasteiger partial charge in [-0.1, -0.05) is 20.8 Å². The molecule has 0 saturated heterocycles. The van der Waals surface area contributed by atoms with E-state index in [0.717, 1.165) is 23.5 Å². The van der Waals surface area contributed by atoms with Crippen LogP contribution >= 0.6 is 0 Å². The average molecular weight is 264 g/mol. The fourth-order valence-electron chi connectivity index (χ4n) is 1.56. The fraction of sp³-hybridized carbons (Fsp3) is 0.500. The minimum Gasteiger partial charge on any atom is -0.269 e. The normalized spacial score (nSPS) is 11.6. The zero-order valence-electron chi connectivity index (χ0n) is 12.0. The van der Waals surface area contributed by atoms with Crippen LogP contribution in [-0.2, 0) is 13.0 Å². The van der Waals surface area contributed by atoms with Gasteiger partial charge in [0, 0.05) is 12.4 Å². The predicted octanol–water partition coefficient (Wildman–Crippen LogP) is 3.29. The molecule has 2 aromatic rings. The molecule has 5 heteroatoms. The lowest BCUT2D eigenvalue weighted by atomic mass is 10.3. The van der Waals surface area contributed by atoms with Crippen molar-refractivity contribution in [1.82, 2.24) is 19.7 Å². The summed E-state index contributed by atoms with van der Waals surface area (Å²) in [5.74, 6) is 0. The molecule has 2 aromatic heterocycles. The first-order valence-corrected chi connectivity index (χ1v) is 6.68. The summed E-state index contributed by atoms with van der Waals surface area (Å²) in [5.41, 5.74) is 2.39. The molecule has 0 spiro atoms. The van der Waals surface area contributed by atoms with E-state index in [1.165, 1.54) is 6.92 Å². The van der Waals surface area contributed by atoms with Gasteiger partial charge in [-0.05, 0) is 19.4 Å². The predicted molar refractivity (Wildman–Crippen MR) is 74.5 cm³/mol. The van der Waals surface area contributed by atoms with Gasteiger partial charge in [0.1, 0.15) is 17.6 Å². The van der Waals surface area contributed by atoms with E-state index in [2.05, 4.69) is 15.1 Å². The highest BCUT2D eigenvalue weighted by Gasteiger charge is 2.07. The smallest absolute Gasteiger partial charge is 0.117 e. The molecule has 19 heavy (non-hydrogen) atoms. The second kappa shape index (κ2) is 7.61. The van der Waals surface area contributed by atoms with Gasteiger partial charge in [-0.25, -0.2) is 9.37 Å². The number of nitrogens with zero attached hydrogens (tertiary/aromatic N) is 4. The van der Waals surface area contributed by atoms with E-state index in [9.17, 15) is 4.39 Å². The van der Waals surface area contributed by atoms with Crippen LogP contribution in [-0.4, -0.2) is 25.9 Å². The Morgan fingerprint density at radius 2 is 2.00 bits per heavy atom. The van der Waals surface area contributed by atoms with E-state index < -0.39 is 6.17 Å². The molecule has 0 saturated carbocycles. The zero-order valence-corrected chi connectivity index (χ0v) is 12.0. The first-order valence-electron chi connectivity index (χ1n) is 6.68. The van der Waals surface area contributed by atoms with Gasteiger partial charge in [0.05, 0.1) is 18.4 Å². The van der Waals surface area contributed by atoms with E-state index in [1.54, 1.807) is 23.3 Å². The maximum absolute atomic E-state index is 12.8. The first kappa shape index (κ1) is 15.3. The van der Waals surface area contributed by atoms with Crippen LogP contribution < -0.4 is 0 Å². The van der Waals surface area contributed by atoms with Gasteiger partial charge in [-0.3, -0.25) is 9.67 Å². The summed E-state index contributed by atoms with van der Waals surface area (Å²) < 4.78 is 14.4. The molecular weight excluding hydrogens is 243 g/mol. The van der Waals surface area contributed by atoms with Crippen LogP contribution in [0.25, 0.3) is 11.4 Å². The maximum Gasteiger partial charge on any atom is 0.117 e. The van der Waals surface area contributed by atoms with Crippen molar-refractivity contribution in [2.75, 3.05) is 0 Å². The van der Waals surface area contributed by atoms with Gasteiger partial charge < -0.3 is 0 Å². The molecule has 0 N–H and O–H groups in total. The monoisotopic (exact) mass is 264 g/mol. The summed E-state index contributed by atoms with van der Waals surface area (Å²) in [5, 5.41) is 4.27. The molecule has 0 radical (unpaired) electrons. The average Bonchev–Trinajstić information content (AvgIpc) is 2.89. The zero-order chi connectivity index (χ0) is 14.3. The first-order chi connectivity index (χ1) is 9.19. The third-order valence-corrected chi connectivity index (χ3v) is 2.39. The van der Waals surface area contributed by atoms with Crippen molar-refractivity contribution in [3.8, 4) is 11.4 Å². The van der Waals surface area contributed by atoms with Crippen molar-refractivity contribution >= 4 is 0 Å². The molecule has 0 amide bonds. The van der Waals surface area contributed by atoms with Gasteiger partial charge in [0.2, 0.25) is 0 Å². The van der Waals surface area contributed by atoms with Gasteiger partial charge in [-0.2, -0.15) is 5.10 Å². The largest absolute Gasteiger partial charge is 0.269 e. The summed E-state index contributed by atoms with van der Waals surface area (Å²) in [6.45, 7) is 7.80. The Morgan fingerprint density at radius 1 is 1.26 bits per heavy atom. The van der Waals surface area contributed by atoms with Crippen molar-refractivity contribution in [2.24, 2.45) is 0 Å². The van der Waals surface area contributed by atoms with Gasteiger partial charge >= 0.3 is 0 Å². The van der Waals surface area contributed by atoms with Crippen LogP contribution in [0.1, 0.15) is 33.4 Å². The molecule has 104 valence electrons. The number of alkyl halides is 1. The topological polar surface area (TPSA) is 43.6 Å². The molecule has 0 bridgehead atoms. The van der Waals surface area contributed by atoms with Gasteiger partial charge in [-0.15, -0.1) is 0 Å². The van der Waals surface area contributed by atoms with Crippen LogP contribution in [0, 0.1) is 0 Å². The van der Waals surface area contributed by atoms with E-state index in [-0.39, 0.29) is 6.54 Å². The molecule has 1 atom stereocenters. The molecule has 2 heterocycles. The molecule has 1 unspecified atom stereocenters. The Morgan fingerprint density at radius 3 is 2.63 bits per heavy atom. The van der Waals surface area contributed by atoms with E-state index in [1.807, 2.05) is 26.8 Å². The third-order valence-electron chi connectivity index (χ3n) is 2.39. The van der Waals surface area contributed by atoms with Crippen LogP contribution in [0.2, 0.25) is 0 Å². The molecule has 0 aliphatic rings. The van der Waals surface area contributed by atoms with Crippen molar-refractivity contribution in [2.45, 2.75) is 46.8 Å². The third kappa shape index (κ3) is 4.43. The molecular formula is C14H21FN4. The summed E-state index contributed by atoms with van der Waals surface area (Å²) >= 11 is 0. The number of rotatable bonds is 4. The molecule has 2 rings (SSSR count). The maximum atomic E-state index is 12.8. The quantitative estimate of drug-likeness (QED) is 0.851. The minimum atomic E-state index is -0.907. The van der Waals surface area contributed by atoms with Crippen molar-refractivity contribution in [3.05, 3.63) is 30.4 Å². The Balaban J connectivity index is 0.000000861. The van der Waals surface area contributed by atoms with Gasteiger partial charge in [0.25, 0.3) is 0 Å². The Labute approximate surface area is 113 Å². The number of hydrogen-bond acceptors (Lipinski definition) is 3. The van der Waals surface area contributed by atoms with Crippen molar-refractivity contribution in [3.63, 3.8) is 0 Å². The highest BCUT2D eigenvalue weighted by molar-refractivity contribution is 5.51. The number of aromatic nitrogens is 4. The Hall–Kier alpha value is -1.78. The number of halogens is 1. The van der Waals surface area contributed by atoms with Crippen LogP contribution in [0.15, 0.2) is 24.7 Å². The summed E-state index contributed by atoms with van der Waals surface area (Å²) in [7, 11) is 0. The lowest BCUT2D eigenvalue weighted by molar-refractivity contribution is 0.309. The molecule has 0 aromatic carbocycles. The van der Waals surface area contributed by atoms with E-state index in [4.69, 9.17) is 0 Å². The molecule has 0 aliphatic carbocycles. The highest BCUT2D eigenvalue weighted by Crippen LogP contribution is 2.13. The fourth-order valence-corrected chi connectivity index (χ4v) is 1.56. The van der Waals surface area contributed by atoms with Gasteiger partial charge in [0.15, 0.2) is 0 Å². The van der Waals surface area contributed by atoms with E-state index in [0.29, 0.717) is 0 Å². The molecule has 0 fully saturated rings. The highest BCUT2D eigenvalue weighted by atomic mass is 19.1. The van der Waals surface area contributed by atoms with Crippen LogP contribution in [0.5, 0.6) is 0 Å². The minimum absolute atomic E-state index is 0.265. The SMILES string of the molecule is CC.CCc1cncc(-c2ccn(CC(C)F)n2)n1. The standard InChI is InChI=1S/C12H15FN4.C2H6/c1-3-10-6-14-7-12(15-10)11-4-5-17(16-11)8-9(2)13;1-2/h4-7,9H,3,8H2,1-2H3;1-2H3. The second-order valence-corrected chi connectivity index (χ2v) is 3.95. The van der Waals surface area contributed by atoms with Crippen LogP contribution in [0.4, 0.5) is 4.39 Å². The summed E-state index contributed by atoms with van der Waals surface area (Å²) in [6.07, 6.45) is 5.10. The molecule has 4 nitrogen and oxygen atoms in total. The van der Waals surface area contributed by atoms with Crippen LogP contribution in [0.3, 0.4) is 0 Å². The number of hydrogen-bond donors (Lipinski definition) is 0. The lowest BCUT2D eigenvalue weighted by Gasteiger charge is -2.01. The lowest BCUT2D eigenvalue weighted by Crippen LogP contribution is -2.08. The summed E-state index contributed by atoms with van der Waals surface area (Å²) in [6, 6.07) is 1.83. The summed E-state index contributed by atoms with van der Waals surface area (Å²) in [4.78, 5) is 8.54. The van der Waals surface area contributed by atoms with E-state index >= 15 is 0 Å². The number of aryl methyl sites for hydroxylation is 1. The Bertz CT molecular complexity index is 494. The van der Waals surface area contributed by atoms with Crippen molar-refractivity contribution < 1.29 is 4.39 Å². The Kier molecular flexibility index (Phi) is 6.12. The van der Waals surface area contributed by atoms with Crippen molar-refractivity contribution in [1.29, 1.82) is 0 Å². The second-order valence-electron chi connectivity index (χ2n) is 3.95. The molecule has 0 aliphatic heterocycles.